The maximum absolute atomic E-state index is 9.38. The number of nitrogens with one attached hydrogen (secondary N) is 2. The lowest BCUT2D eigenvalue weighted by Crippen LogP contribution is -2.29. The highest BCUT2D eigenvalue weighted by Gasteiger charge is 2.14. The zero-order chi connectivity index (χ0) is 19.1. The van der Waals surface area contributed by atoms with Crippen LogP contribution in [-0.4, -0.2) is 37.1 Å². The summed E-state index contributed by atoms with van der Waals surface area (Å²) in [6, 6.07) is 16.3. The van der Waals surface area contributed by atoms with Gasteiger partial charge in [0.1, 0.15) is 0 Å². The average molecular weight is 403 g/mol. The molecule has 0 aliphatic carbocycles. The smallest absolute Gasteiger partial charge is 0.248 e. The molecule has 0 unspecified atom stereocenters. The van der Waals surface area contributed by atoms with E-state index in [1.165, 1.54) is 11.8 Å². The number of rotatable bonds is 6. The fraction of sp³-hybridized carbons (Fsp3) is 0.0588. The number of aromatic nitrogens is 3. The first-order valence-corrected chi connectivity index (χ1v) is 9.12. The van der Waals surface area contributed by atoms with Gasteiger partial charge < -0.3 is 5.21 Å². The Bertz CT molecular complexity index is 961. The molecule has 0 bridgehead atoms. The maximum atomic E-state index is 9.38. The maximum Gasteiger partial charge on any atom is 0.248 e. The molecule has 138 valence electrons. The van der Waals surface area contributed by atoms with Crippen LogP contribution < -0.4 is 5.48 Å². The number of hydrogen-bond donors (Lipinski definition) is 4. The highest BCUT2D eigenvalue weighted by Crippen LogP contribution is 2.22. The molecule has 1 heterocycles. The van der Waals surface area contributed by atoms with Crippen LogP contribution in [-0.2, 0) is 5.75 Å². The van der Waals surface area contributed by atoms with Crippen molar-refractivity contribution in [2.45, 2.75) is 10.9 Å². The van der Waals surface area contributed by atoms with Crippen molar-refractivity contribution in [3.8, 4) is 0 Å². The molecule has 4 N–H and O–H groups in total. The summed E-state index contributed by atoms with van der Waals surface area (Å²) < 4.78 is 0. The van der Waals surface area contributed by atoms with Crippen molar-refractivity contribution in [3.63, 3.8) is 0 Å². The van der Waals surface area contributed by atoms with Crippen molar-refractivity contribution < 1.29 is 10.4 Å². The van der Waals surface area contributed by atoms with E-state index in [9.17, 15) is 10.4 Å². The van der Waals surface area contributed by atoms with Gasteiger partial charge in [-0.3, -0.25) is 10.7 Å². The largest absolute Gasteiger partial charge is 0.410 e. The molecule has 0 spiro atoms. The molecule has 0 saturated heterocycles. The summed E-state index contributed by atoms with van der Waals surface area (Å²) >= 11 is 7.38. The monoisotopic (exact) mass is 402 g/mol. The summed E-state index contributed by atoms with van der Waals surface area (Å²) in [6.07, 6.45) is 0. The summed E-state index contributed by atoms with van der Waals surface area (Å²) in [5, 5.41) is 29.8. The van der Waals surface area contributed by atoms with Gasteiger partial charge in [-0.05, 0) is 17.7 Å². The van der Waals surface area contributed by atoms with E-state index in [1.807, 2.05) is 35.8 Å². The van der Waals surface area contributed by atoms with E-state index in [2.05, 4.69) is 25.3 Å². The molecule has 2 aromatic carbocycles. The van der Waals surface area contributed by atoms with Gasteiger partial charge in [-0.2, -0.15) is 9.98 Å². The summed E-state index contributed by atoms with van der Waals surface area (Å²) in [5.74, 6) is 0.712. The number of hydrogen-bond acceptors (Lipinski definition) is 7. The molecule has 10 heteroatoms. The fourth-order valence-corrected chi connectivity index (χ4v) is 3.15. The van der Waals surface area contributed by atoms with Crippen LogP contribution in [0.5, 0.6) is 0 Å². The molecule has 0 aliphatic rings. The van der Waals surface area contributed by atoms with E-state index in [0.29, 0.717) is 21.5 Å². The number of aliphatic imine (C=N–C) groups is 1. The van der Waals surface area contributed by atoms with E-state index in [4.69, 9.17) is 11.6 Å². The van der Waals surface area contributed by atoms with Crippen molar-refractivity contribution in [1.82, 2.24) is 20.7 Å². The van der Waals surface area contributed by atoms with Gasteiger partial charge in [0.25, 0.3) is 0 Å². The first-order chi connectivity index (χ1) is 13.2. The van der Waals surface area contributed by atoms with Gasteiger partial charge in [0.2, 0.25) is 11.1 Å². The van der Waals surface area contributed by atoms with Crippen molar-refractivity contribution >= 4 is 40.9 Å². The van der Waals surface area contributed by atoms with Crippen molar-refractivity contribution in [2.75, 3.05) is 0 Å². The zero-order valence-corrected chi connectivity index (χ0v) is 15.4. The molecule has 3 rings (SSSR count). The van der Waals surface area contributed by atoms with Gasteiger partial charge in [0.05, 0.1) is 0 Å². The molecule has 8 nitrogen and oxygen atoms in total. The second-order valence-electron chi connectivity index (χ2n) is 5.25. The molecule has 1 aromatic heterocycles. The van der Waals surface area contributed by atoms with Crippen LogP contribution in [0.25, 0.3) is 0 Å². The highest BCUT2D eigenvalue weighted by molar-refractivity contribution is 7.98. The Balaban J connectivity index is 1.74. The second-order valence-corrected chi connectivity index (χ2v) is 6.63. The summed E-state index contributed by atoms with van der Waals surface area (Å²) in [5.41, 5.74) is 3.59. The molecule has 3 aromatic rings. The van der Waals surface area contributed by atoms with Crippen LogP contribution in [0.15, 0.2) is 69.9 Å². The highest BCUT2D eigenvalue weighted by atomic mass is 35.5. The Morgan fingerprint density at radius 2 is 2.00 bits per heavy atom. The van der Waals surface area contributed by atoms with Gasteiger partial charge in [0.15, 0.2) is 11.5 Å². The third kappa shape index (κ3) is 5.07. The summed E-state index contributed by atoms with van der Waals surface area (Å²) in [6.45, 7) is 0. The van der Waals surface area contributed by atoms with Crippen LogP contribution in [0.4, 0.5) is 5.95 Å². The van der Waals surface area contributed by atoms with Crippen LogP contribution in [0.2, 0.25) is 5.02 Å². The first kappa shape index (κ1) is 18.9. The van der Waals surface area contributed by atoms with Gasteiger partial charge in [0, 0.05) is 16.3 Å². The normalized spacial score (nSPS) is 12.2. The minimum Gasteiger partial charge on any atom is -0.410 e. The lowest BCUT2D eigenvalue weighted by atomic mass is 10.1. The van der Waals surface area contributed by atoms with Crippen molar-refractivity contribution in [3.05, 3.63) is 70.7 Å². The number of aromatic amines is 1. The molecular weight excluding hydrogens is 388 g/mol. The SMILES string of the molecule is ON=C(C(=Nc1nc(SCc2cccc(Cl)c2)n[nH]1)NO)c1ccccc1. The van der Waals surface area contributed by atoms with Crippen molar-refractivity contribution in [2.24, 2.45) is 10.1 Å². The standard InChI is InChI=1S/C17H15ClN6O2S/c18-13-8-4-5-11(9-13)10-27-17-20-16(21-22-17)19-15(24-26)14(23-25)12-6-2-1-3-7-12/h1-9,25-26H,10H2,(H2,19,20,21,22,24). The van der Waals surface area contributed by atoms with E-state index in [1.54, 1.807) is 24.3 Å². The third-order valence-electron chi connectivity index (χ3n) is 3.41. The lowest BCUT2D eigenvalue weighted by molar-refractivity contribution is 0.236. The first-order valence-electron chi connectivity index (χ1n) is 7.76. The summed E-state index contributed by atoms with van der Waals surface area (Å²) in [7, 11) is 0. The van der Waals surface area contributed by atoms with Crippen LogP contribution in [0.1, 0.15) is 11.1 Å². The van der Waals surface area contributed by atoms with Gasteiger partial charge in [-0.15, -0.1) is 5.10 Å². The molecule has 0 fully saturated rings. The van der Waals surface area contributed by atoms with Gasteiger partial charge in [-0.25, -0.2) is 5.10 Å². The van der Waals surface area contributed by atoms with E-state index >= 15 is 0 Å². The fourth-order valence-electron chi connectivity index (χ4n) is 2.20. The minimum absolute atomic E-state index is 0.0580. The van der Waals surface area contributed by atoms with Crippen LogP contribution >= 0.6 is 23.4 Å². The van der Waals surface area contributed by atoms with Gasteiger partial charge in [-0.1, -0.05) is 71.0 Å². The number of benzene rings is 2. The molecule has 0 atom stereocenters. The molecular formula is C17H15ClN6O2S. The number of oxime groups is 1. The summed E-state index contributed by atoms with van der Waals surface area (Å²) in [4.78, 5) is 8.35. The quantitative estimate of drug-likeness (QED) is 0.164. The Morgan fingerprint density at radius 3 is 2.70 bits per heavy atom. The van der Waals surface area contributed by atoms with E-state index < -0.39 is 0 Å². The molecule has 0 radical (unpaired) electrons. The Kier molecular flexibility index (Phi) is 6.42. The molecule has 0 aliphatic heterocycles. The van der Waals surface area contributed by atoms with E-state index in [-0.39, 0.29) is 17.5 Å². The molecule has 0 saturated carbocycles. The van der Waals surface area contributed by atoms with E-state index in [0.717, 1.165) is 5.56 Å². The number of nitrogens with zero attached hydrogens (tertiary/aromatic N) is 4. The lowest BCUT2D eigenvalue weighted by Gasteiger charge is -2.05. The molecule has 0 amide bonds. The third-order valence-corrected chi connectivity index (χ3v) is 4.56. The average Bonchev–Trinajstić information content (AvgIpc) is 3.14. The Labute approximate surface area is 164 Å². The topological polar surface area (TPSA) is 119 Å². The second kappa shape index (κ2) is 9.17. The van der Waals surface area contributed by atoms with Crippen LogP contribution in [0.3, 0.4) is 0 Å². The number of amidine groups is 1. The Morgan fingerprint density at radius 1 is 1.19 bits per heavy atom. The number of H-pyrrole nitrogens is 1. The predicted molar refractivity (Wildman–Crippen MR) is 104 cm³/mol. The Hall–Kier alpha value is -2.88. The zero-order valence-electron chi connectivity index (χ0n) is 13.9. The van der Waals surface area contributed by atoms with Crippen molar-refractivity contribution in [1.29, 1.82) is 0 Å². The van der Waals surface area contributed by atoms with Gasteiger partial charge >= 0.3 is 0 Å². The number of halogens is 1. The van der Waals surface area contributed by atoms with Crippen LogP contribution in [0, 0.1) is 0 Å². The molecule has 27 heavy (non-hydrogen) atoms. The number of hydroxylamine groups is 1. The predicted octanol–water partition coefficient (Wildman–Crippen LogP) is 3.64. The minimum atomic E-state index is -0.0776. The number of thioether (sulfide) groups is 1.